The van der Waals surface area contributed by atoms with Gasteiger partial charge in [0.25, 0.3) is 5.91 Å². The van der Waals surface area contributed by atoms with Crippen molar-refractivity contribution in [2.45, 2.75) is 47.2 Å². The van der Waals surface area contributed by atoms with Gasteiger partial charge in [-0.1, -0.05) is 11.6 Å². The van der Waals surface area contributed by atoms with E-state index in [0.29, 0.717) is 36.2 Å². The molecule has 0 spiro atoms. The lowest BCUT2D eigenvalue weighted by Gasteiger charge is -2.06. The minimum absolute atomic E-state index is 0.229. The SMILES string of the molecule is Cc1nn(CCCNC(=O)c2ccc(Cn3nc(C)c(Br)c3C)o2)c(C)c1Cl. The summed E-state index contributed by atoms with van der Waals surface area (Å²) >= 11 is 9.66. The van der Waals surface area contributed by atoms with Crippen LogP contribution in [0.5, 0.6) is 0 Å². The zero-order chi connectivity index (χ0) is 20.4. The van der Waals surface area contributed by atoms with Gasteiger partial charge in [-0.25, -0.2) is 0 Å². The number of nitrogens with zero attached hydrogens (tertiary/aromatic N) is 4. The first kappa shape index (κ1) is 20.7. The molecule has 1 amide bonds. The summed E-state index contributed by atoms with van der Waals surface area (Å²) < 4.78 is 10.4. The summed E-state index contributed by atoms with van der Waals surface area (Å²) in [5.41, 5.74) is 3.70. The highest BCUT2D eigenvalue weighted by Crippen LogP contribution is 2.21. The van der Waals surface area contributed by atoms with Gasteiger partial charge in [-0.3, -0.25) is 14.2 Å². The molecule has 0 saturated carbocycles. The molecule has 150 valence electrons. The Labute approximate surface area is 177 Å². The van der Waals surface area contributed by atoms with Crippen molar-refractivity contribution >= 4 is 33.4 Å². The molecule has 0 bridgehead atoms. The Morgan fingerprint density at radius 1 is 1.14 bits per heavy atom. The van der Waals surface area contributed by atoms with E-state index in [1.54, 1.807) is 12.1 Å². The van der Waals surface area contributed by atoms with Crippen LogP contribution < -0.4 is 5.32 Å². The number of aryl methyl sites for hydroxylation is 3. The van der Waals surface area contributed by atoms with Crippen LogP contribution in [-0.4, -0.2) is 32.0 Å². The van der Waals surface area contributed by atoms with E-state index < -0.39 is 0 Å². The number of hydrogen-bond donors (Lipinski definition) is 1. The van der Waals surface area contributed by atoms with Gasteiger partial charge in [0, 0.05) is 13.1 Å². The Morgan fingerprint density at radius 2 is 1.86 bits per heavy atom. The van der Waals surface area contributed by atoms with Crippen LogP contribution in [0.25, 0.3) is 0 Å². The maximum absolute atomic E-state index is 12.3. The van der Waals surface area contributed by atoms with Crippen molar-refractivity contribution in [3.05, 3.63) is 55.9 Å². The minimum Gasteiger partial charge on any atom is -0.454 e. The van der Waals surface area contributed by atoms with Gasteiger partial charge in [0.05, 0.1) is 38.8 Å². The van der Waals surface area contributed by atoms with Crippen molar-refractivity contribution in [2.75, 3.05) is 6.54 Å². The van der Waals surface area contributed by atoms with E-state index in [2.05, 4.69) is 31.4 Å². The molecule has 3 aromatic rings. The molecular weight excluding hydrogens is 446 g/mol. The first-order valence-electron chi connectivity index (χ1n) is 9.04. The number of carbonyl (C=O) groups is 1. The highest BCUT2D eigenvalue weighted by molar-refractivity contribution is 9.10. The molecule has 0 saturated heterocycles. The van der Waals surface area contributed by atoms with E-state index in [-0.39, 0.29) is 5.91 Å². The fraction of sp³-hybridized carbons (Fsp3) is 0.421. The van der Waals surface area contributed by atoms with Gasteiger partial charge in [0.2, 0.25) is 0 Å². The zero-order valence-corrected chi connectivity index (χ0v) is 18.7. The molecule has 0 aliphatic carbocycles. The highest BCUT2D eigenvalue weighted by atomic mass is 79.9. The molecular formula is C19H23BrClN5O2. The number of hydrogen-bond acceptors (Lipinski definition) is 4. The molecule has 28 heavy (non-hydrogen) atoms. The Morgan fingerprint density at radius 3 is 2.46 bits per heavy atom. The summed E-state index contributed by atoms with van der Waals surface area (Å²) in [4.78, 5) is 12.3. The van der Waals surface area contributed by atoms with Crippen LogP contribution >= 0.6 is 27.5 Å². The quantitative estimate of drug-likeness (QED) is 0.527. The predicted molar refractivity (Wildman–Crippen MR) is 111 cm³/mol. The van der Waals surface area contributed by atoms with Gasteiger partial charge in [-0.15, -0.1) is 0 Å². The second kappa shape index (κ2) is 8.53. The first-order chi connectivity index (χ1) is 13.3. The zero-order valence-electron chi connectivity index (χ0n) is 16.3. The van der Waals surface area contributed by atoms with E-state index in [1.807, 2.05) is 37.1 Å². The second-order valence-corrected chi connectivity index (χ2v) is 7.90. The van der Waals surface area contributed by atoms with Crippen LogP contribution in [0.3, 0.4) is 0 Å². The second-order valence-electron chi connectivity index (χ2n) is 6.73. The van der Waals surface area contributed by atoms with Gasteiger partial charge < -0.3 is 9.73 Å². The maximum Gasteiger partial charge on any atom is 0.286 e. The van der Waals surface area contributed by atoms with Crippen LogP contribution in [0.1, 0.15) is 45.5 Å². The molecule has 0 aliphatic rings. The average molecular weight is 469 g/mol. The smallest absolute Gasteiger partial charge is 0.286 e. The van der Waals surface area contributed by atoms with E-state index in [9.17, 15) is 4.79 Å². The molecule has 3 rings (SSSR count). The molecule has 7 nitrogen and oxygen atoms in total. The number of furan rings is 1. The standard InChI is InChI=1S/C19H23BrClN5O2/c1-11-17(20)13(3)26(23-11)10-15-6-7-16(28-15)19(27)22-8-5-9-25-14(4)18(21)12(2)24-25/h6-7H,5,8-10H2,1-4H3,(H,22,27). The lowest BCUT2D eigenvalue weighted by Crippen LogP contribution is -2.25. The largest absolute Gasteiger partial charge is 0.454 e. The number of carbonyl (C=O) groups excluding carboxylic acids is 1. The van der Waals surface area contributed by atoms with Gasteiger partial charge in [-0.2, -0.15) is 10.2 Å². The van der Waals surface area contributed by atoms with Gasteiger partial charge in [0.15, 0.2) is 5.76 Å². The summed E-state index contributed by atoms with van der Waals surface area (Å²) in [6.45, 7) is 9.43. The van der Waals surface area contributed by atoms with Crippen molar-refractivity contribution in [1.29, 1.82) is 0 Å². The number of nitrogens with one attached hydrogen (secondary N) is 1. The molecule has 3 heterocycles. The average Bonchev–Trinajstić information content (AvgIpc) is 3.30. The van der Waals surface area contributed by atoms with E-state index in [4.69, 9.17) is 16.0 Å². The van der Waals surface area contributed by atoms with E-state index in [0.717, 1.165) is 33.7 Å². The third kappa shape index (κ3) is 4.33. The molecule has 3 aromatic heterocycles. The third-order valence-electron chi connectivity index (χ3n) is 4.61. The number of amides is 1. The fourth-order valence-corrected chi connectivity index (χ4v) is 3.39. The maximum atomic E-state index is 12.3. The normalized spacial score (nSPS) is 11.2. The molecule has 9 heteroatoms. The third-order valence-corrected chi connectivity index (χ3v) is 6.30. The predicted octanol–water partition coefficient (Wildman–Crippen LogP) is 4.19. The monoisotopic (exact) mass is 467 g/mol. The van der Waals surface area contributed by atoms with Crippen molar-refractivity contribution in [2.24, 2.45) is 0 Å². The van der Waals surface area contributed by atoms with Gasteiger partial charge >= 0.3 is 0 Å². The van der Waals surface area contributed by atoms with Crippen LogP contribution in [0, 0.1) is 27.7 Å². The van der Waals surface area contributed by atoms with Gasteiger partial charge in [0.1, 0.15) is 5.76 Å². The summed E-state index contributed by atoms with van der Waals surface area (Å²) in [5.74, 6) is 0.748. The molecule has 0 aromatic carbocycles. The van der Waals surface area contributed by atoms with Crippen LogP contribution in [0.15, 0.2) is 21.0 Å². The minimum atomic E-state index is -0.229. The molecule has 0 fully saturated rings. The van der Waals surface area contributed by atoms with E-state index >= 15 is 0 Å². The van der Waals surface area contributed by atoms with Crippen molar-refractivity contribution in [1.82, 2.24) is 24.9 Å². The summed E-state index contributed by atoms with van der Waals surface area (Å²) in [7, 11) is 0. The summed E-state index contributed by atoms with van der Waals surface area (Å²) in [6.07, 6.45) is 0.747. The fourth-order valence-electron chi connectivity index (χ4n) is 2.97. The van der Waals surface area contributed by atoms with Crippen LogP contribution in [0.4, 0.5) is 0 Å². The summed E-state index contributed by atoms with van der Waals surface area (Å²) in [5, 5.41) is 12.4. The Balaban J connectivity index is 1.51. The van der Waals surface area contributed by atoms with E-state index in [1.165, 1.54) is 0 Å². The molecule has 0 aliphatic heterocycles. The molecule has 0 atom stereocenters. The Kier molecular flexibility index (Phi) is 6.30. The number of halogens is 2. The van der Waals surface area contributed by atoms with Crippen LogP contribution in [-0.2, 0) is 13.1 Å². The van der Waals surface area contributed by atoms with Crippen molar-refractivity contribution in [3.63, 3.8) is 0 Å². The molecule has 0 unspecified atom stereocenters. The number of aromatic nitrogens is 4. The summed E-state index contributed by atoms with van der Waals surface area (Å²) in [6, 6.07) is 3.49. The lowest BCUT2D eigenvalue weighted by atomic mass is 10.3. The number of rotatable bonds is 7. The Bertz CT molecular complexity index is 1000. The first-order valence-corrected chi connectivity index (χ1v) is 10.2. The topological polar surface area (TPSA) is 77.9 Å². The van der Waals surface area contributed by atoms with Crippen molar-refractivity contribution in [3.8, 4) is 0 Å². The van der Waals surface area contributed by atoms with Crippen LogP contribution in [0.2, 0.25) is 5.02 Å². The Hall–Kier alpha value is -2.06. The van der Waals surface area contributed by atoms with Gasteiger partial charge in [-0.05, 0) is 62.2 Å². The molecule has 1 N–H and O–H groups in total. The lowest BCUT2D eigenvalue weighted by molar-refractivity contribution is 0.0923. The van der Waals surface area contributed by atoms with Crippen molar-refractivity contribution < 1.29 is 9.21 Å². The highest BCUT2D eigenvalue weighted by Gasteiger charge is 2.14. The molecule has 0 radical (unpaired) electrons.